The van der Waals surface area contributed by atoms with Crippen molar-refractivity contribution in [2.45, 2.75) is 67.9 Å². The third kappa shape index (κ3) is 3.64. The lowest BCUT2D eigenvalue weighted by Gasteiger charge is -2.61. The fourth-order valence-electron chi connectivity index (χ4n) is 7.35. The Bertz CT molecular complexity index is 986. The third-order valence-corrected chi connectivity index (χ3v) is 9.39. The fourth-order valence-corrected chi connectivity index (χ4v) is 7.35. The van der Waals surface area contributed by atoms with Gasteiger partial charge in [-0.05, 0) is 74.2 Å². The standard InChI is InChI=1S/C26H35F2N3O3/c27-25(28)7-9-29(17-25)16-23(33)30-10-5-24-6-11-31(15-18-1-2-18)22(26(24,34)8-12-30)13-19-3-4-20(32)14-21(19)24/h3-4,14,18,22,32,34H,1-2,5-13,15-17H2/t22-,24+,26-/m1/s1. The van der Waals surface area contributed by atoms with E-state index in [-0.39, 0.29) is 43.8 Å². The second-order valence-electron chi connectivity index (χ2n) is 11.5. The van der Waals surface area contributed by atoms with Crippen LogP contribution in [-0.4, -0.2) is 94.2 Å². The summed E-state index contributed by atoms with van der Waals surface area (Å²) in [6, 6.07) is 5.56. The molecule has 5 aliphatic rings. The van der Waals surface area contributed by atoms with E-state index in [2.05, 4.69) is 4.90 Å². The van der Waals surface area contributed by atoms with E-state index in [1.807, 2.05) is 12.1 Å². The van der Waals surface area contributed by atoms with Crippen LogP contribution in [0.1, 0.15) is 49.7 Å². The molecule has 1 saturated carbocycles. The van der Waals surface area contributed by atoms with Crippen LogP contribution in [0.3, 0.4) is 0 Å². The molecule has 6 nitrogen and oxygen atoms in total. The first-order valence-electron chi connectivity index (χ1n) is 12.9. The van der Waals surface area contributed by atoms with Gasteiger partial charge in [0, 0.05) is 44.1 Å². The number of aliphatic hydroxyl groups is 1. The Hall–Kier alpha value is -1.77. The van der Waals surface area contributed by atoms with Gasteiger partial charge >= 0.3 is 0 Å². The molecule has 3 heterocycles. The van der Waals surface area contributed by atoms with Crippen molar-refractivity contribution in [2.24, 2.45) is 5.92 Å². The van der Waals surface area contributed by atoms with E-state index in [9.17, 15) is 23.8 Å². The van der Waals surface area contributed by atoms with Crippen molar-refractivity contribution in [2.75, 3.05) is 45.8 Å². The number of halogens is 2. The Morgan fingerprint density at radius 3 is 2.56 bits per heavy atom. The molecule has 186 valence electrons. The highest BCUT2D eigenvalue weighted by atomic mass is 19.3. The number of benzene rings is 1. The highest BCUT2D eigenvalue weighted by Crippen LogP contribution is 2.56. The van der Waals surface area contributed by atoms with Crippen LogP contribution in [0, 0.1) is 5.92 Å². The Balaban J connectivity index is 1.29. The van der Waals surface area contributed by atoms with Gasteiger partial charge in [-0.3, -0.25) is 14.6 Å². The molecule has 3 saturated heterocycles. The molecule has 6 rings (SSSR count). The zero-order chi connectivity index (χ0) is 23.7. The smallest absolute Gasteiger partial charge is 0.261 e. The van der Waals surface area contributed by atoms with E-state index < -0.39 is 16.9 Å². The topological polar surface area (TPSA) is 67.3 Å². The molecule has 4 fully saturated rings. The van der Waals surface area contributed by atoms with Crippen LogP contribution in [0.4, 0.5) is 8.78 Å². The number of alkyl halides is 2. The summed E-state index contributed by atoms with van der Waals surface area (Å²) in [4.78, 5) is 19.0. The molecule has 2 bridgehead atoms. The maximum atomic E-state index is 13.6. The van der Waals surface area contributed by atoms with Crippen molar-refractivity contribution in [3.05, 3.63) is 29.3 Å². The number of piperidine rings is 1. The number of rotatable bonds is 4. The molecule has 1 amide bonds. The molecule has 0 aromatic heterocycles. The van der Waals surface area contributed by atoms with Crippen LogP contribution in [-0.2, 0) is 16.6 Å². The maximum Gasteiger partial charge on any atom is 0.261 e. The van der Waals surface area contributed by atoms with Crippen molar-refractivity contribution in [3.63, 3.8) is 0 Å². The van der Waals surface area contributed by atoms with E-state index in [4.69, 9.17) is 0 Å². The molecule has 3 aliphatic heterocycles. The number of aromatic hydroxyl groups is 1. The summed E-state index contributed by atoms with van der Waals surface area (Å²) >= 11 is 0. The number of phenolic OH excluding ortho intramolecular Hbond substituents is 1. The molecule has 34 heavy (non-hydrogen) atoms. The minimum absolute atomic E-state index is 0.00813. The van der Waals surface area contributed by atoms with Crippen LogP contribution in [0.25, 0.3) is 0 Å². The Morgan fingerprint density at radius 2 is 1.82 bits per heavy atom. The molecule has 0 unspecified atom stereocenters. The molecular weight excluding hydrogens is 440 g/mol. The number of carbonyl (C=O) groups excluding carboxylic acids is 1. The summed E-state index contributed by atoms with van der Waals surface area (Å²) in [6.45, 7) is 2.75. The summed E-state index contributed by atoms with van der Waals surface area (Å²) < 4.78 is 27.3. The first kappa shape index (κ1) is 22.7. The minimum Gasteiger partial charge on any atom is -0.508 e. The molecule has 0 spiro atoms. The number of fused-ring (bicyclic) bond motifs is 1. The van der Waals surface area contributed by atoms with E-state index in [0.717, 1.165) is 37.4 Å². The van der Waals surface area contributed by atoms with Gasteiger partial charge in [0.15, 0.2) is 0 Å². The molecule has 2 aliphatic carbocycles. The zero-order valence-electron chi connectivity index (χ0n) is 19.7. The molecule has 1 aromatic carbocycles. The van der Waals surface area contributed by atoms with Crippen LogP contribution in [0.5, 0.6) is 5.75 Å². The highest BCUT2D eigenvalue weighted by molar-refractivity contribution is 5.78. The third-order valence-electron chi connectivity index (χ3n) is 9.39. The number of hydrogen-bond donors (Lipinski definition) is 2. The second-order valence-corrected chi connectivity index (χ2v) is 11.5. The van der Waals surface area contributed by atoms with Crippen molar-refractivity contribution in [3.8, 4) is 5.75 Å². The van der Waals surface area contributed by atoms with Crippen LogP contribution >= 0.6 is 0 Å². The van der Waals surface area contributed by atoms with E-state index in [1.165, 1.54) is 18.4 Å². The zero-order valence-corrected chi connectivity index (χ0v) is 19.7. The molecular formula is C26H35F2N3O3. The van der Waals surface area contributed by atoms with Gasteiger partial charge in [0.05, 0.1) is 18.7 Å². The Morgan fingerprint density at radius 1 is 1.06 bits per heavy atom. The van der Waals surface area contributed by atoms with Gasteiger partial charge in [-0.15, -0.1) is 0 Å². The highest BCUT2D eigenvalue weighted by Gasteiger charge is 2.63. The maximum absolute atomic E-state index is 13.6. The molecule has 3 atom stereocenters. The lowest BCUT2D eigenvalue weighted by atomic mass is 9.52. The second kappa shape index (κ2) is 7.87. The minimum atomic E-state index is -2.71. The van der Waals surface area contributed by atoms with E-state index in [0.29, 0.717) is 25.9 Å². The number of amides is 1. The first-order chi connectivity index (χ1) is 16.2. The van der Waals surface area contributed by atoms with Gasteiger partial charge < -0.3 is 15.1 Å². The van der Waals surface area contributed by atoms with Gasteiger partial charge in [0.25, 0.3) is 5.92 Å². The van der Waals surface area contributed by atoms with Crippen molar-refractivity contribution in [1.82, 2.24) is 14.7 Å². The molecule has 8 heteroatoms. The largest absolute Gasteiger partial charge is 0.508 e. The Kier molecular flexibility index (Phi) is 5.25. The summed E-state index contributed by atoms with van der Waals surface area (Å²) in [5.74, 6) is -1.91. The average molecular weight is 476 g/mol. The molecule has 1 aromatic rings. The van der Waals surface area contributed by atoms with Crippen molar-refractivity contribution in [1.29, 1.82) is 0 Å². The predicted octanol–water partition coefficient (Wildman–Crippen LogP) is 2.36. The van der Waals surface area contributed by atoms with Gasteiger partial charge in [0.2, 0.25) is 5.91 Å². The monoisotopic (exact) mass is 475 g/mol. The fraction of sp³-hybridized carbons (Fsp3) is 0.731. The van der Waals surface area contributed by atoms with Crippen molar-refractivity contribution >= 4 is 5.91 Å². The number of phenols is 1. The van der Waals surface area contributed by atoms with Crippen LogP contribution in [0.15, 0.2) is 18.2 Å². The van der Waals surface area contributed by atoms with E-state index in [1.54, 1.807) is 15.9 Å². The lowest BCUT2D eigenvalue weighted by Crippen LogP contribution is -2.71. The van der Waals surface area contributed by atoms with Gasteiger partial charge in [-0.1, -0.05) is 6.07 Å². The predicted molar refractivity (Wildman–Crippen MR) is 123 cm³/mol. The van der Waals surface area contributed by atoms with Gasteiger partial charge in [-0.2, -0.15) is 0 Å². The number of carbonyl (C=O) groups is 1. The normalized spacial score (nSPS) is 35.5. The van der Waals surface area contributed by atoms with Crippen molar-refractivity contribution < 1.29 is 23.8 Å². The summed E-state index contributed by atoms with van der Waals surface area (Å²) in [7, 11) is 0. The summed E-state index contributed by atoms with van der Waals surface area (Å²) in [5, 5.41) is 22.8. The molecule has 0 radical (unpaired) electrons. The lowest BCUT2D eigenvalue weighted by molar-refractivity contribution is -0.149. The van der Waals surface area contributed by atoms with E-state index >= 15 is 0 Å². The summed E-state index contributed by atoms with van der Waals surface area (Å²) in [5.41, 5.74) is 0.717. The van der Waals surface area contributed by atoms with Gasteiger partial charge in [-0.25, -0.2) is 8.78 Å². The number of hydrogen-bond acceptors (Lipinski definition) is 5. The summed E-state index contributed by atoms with van der Waals surface area (Å²) in [6.07, 6.45) is 4.96. The average Bonchev–Trinajstić information content (AvgIpc) is 3.55. The Labute approximate surface area is 199 Å². The van der Waals surface area contributed by atoms with Crippen LogP contribution in [0.2, 0.25) is 0 Å². The SMILES string of the molecule is O=C(CN1CCC(F)(F)C1)N1CC[C@]23CCN(CC4CC4)[C@H](Cc4ccc(O)cc42)[C@]3(O)CC1. The number of nitrogens with zero attached hydrogens (tertiary/aromatic N) is 3. The number of likely N-dealkylation sites (tertiary alicyclic amines) is 3. The quantitative estimate of drug-likeness (QED) is 0.700. The van der Waals surface area contributed by atoms with Crippen LogP contribution < -0.4 is 0 Å². The first-order valence-corrected chi connectivity index (χ1v) is 12.9. The van der Waals surface area contributed by atoms with Gasteiger partial charge in [0.1, 0.15) is 5.75 Å². The molecule has 2 N–H and O–H groups in total.